The van der Waals surface area contributed by atoms with E-state index in [9.17, 15) is 4.79 Å². The Morgan fingerprint density at radius 2 is 1.38 bits per heavy atom. The molecule has 164 valence electrons. The maximum atomic E-state index is 12.5. The van der Waals surface area contributed by atoms with Crippen molar-refractivity contribution in [2.45, 2.75) is 122 Å². The molecule has 2 rings (SSSR count). The highest BCUT2D eigenvalue weighted by Crippen LogP contribution is 2.33. The highest BCUT2D eigenvalue weighted by atomic mass is 16.1. The summed E-state index contributed by atoms with van der Waals surface area (Å²) < 4.78 is 0. The van der Waals surface area contributed by atoms with Crippen LogP contribution in [0.3, 0.4) is 0 Å². The van der Waals surface area contributed by atoms with Crippen LogP contribution in [0.4, 0.5) is 0 Å². The average Bonchev–Trinajstić information content (AvgIpc) is 2.77. The third-order valence-electron chi connectivity index (χ3n) is 6.62. The van der Waals surface area contributed by atoms with E-state index in [0.717, 1.165) is 18.5 Å². The van der Waals surface area contributed by atoms with Gasteiger partial charge in [0.15, 0.2) is 5.78 Å². The van der Waals surface area contributed by atoms with Crippen LogP contribution in [0.1, 0.15) is 132 Å². The largest absolute Gasteiger partial charge is 0.314 e. The number of benzene rings is 1. The molecule has 1 aliphatic rings. The minimum atomic E-state index is 0.326. The number of ketones is 1. The van der Waals surface area contributed by atoms with Gasteiger partial charge in [-0.05, 0) is 56.6 Å². The van der Waals surface area contributed by atoms with Crippen molar-refractivity contribution in [2.75, 3.05) is 6.54 Å². The molecule has 0 aromatic heterocycles. The Balaban J connectivity index is 1.61. The van der Waals surface area contributed by atoms with Crippen molar-refractivity contribution in [3.05, 3.63) is 35.4 Å². The van der Waals surface area contributed by atoms with Gasteiger partial charge in [-0.2, -0.15) is 0 Å². The maximum Gasteiger partial charge on any atom is 0.162 e. The lowest BCUT2D eigenvalue weighted by molar-refractivity contribution is 0.0979. The normalized spacial score (nSPS) is 19.4. The van der Waals surface area contributed by atoms with Gasteiger partial charge in [0.05, 0.1) is 0 Å². The standard InChI is InChI=1S/C27H45NO/c1-3-5-6-7-8-9-10-11-12-13-27(29)25-16-14-23(15-17-25)24-18-20-26(21-19-24)28-22-4-2/h14-17,24,26,28H,3-13,18-22H2,1-2H3. The molecule has 1 saturated carbocycles. The first-order valence-corrected chi connectivity index (χ1v) is 12.6. The highest BCUT2D eigenvalue weighted by molar-refractivity contribution is 5.96. The molecule has 0 atom stereocenters. The SMILES string of the molecule is CCCCCCCCCCCC(=O)c1ccc(C2CCC(NCCC)CC2)cc1. The first-order valence-electron chi connectivity index (χ1n) is 12.6. The molecule has 0 spiro atoms. The zero-order valence-electron chi connectivity index (χ0n) is 19.2. The first kappa shape index (κ1) is 24.1. The zero-order valence-corrected chi connectivity index (χ0v) is 19.2. The molecule has 1 aromatic rings. The number of nitrogens with one attached hydrogen (secondary N) is 1. The van der Waals surface area contributed by atoms with Crippen molar-refractivity contribution in [1.82, 2.24) is 5.32 Å². The lowest BCUT2D eigenvalue weighted by Crippen LogP contribution is -2.33. The van der Waals surface area contributed by atoms with Crippen LogP contribution >= 0.6 is 0 Å². The Morgan fingerprint density at radius 1 is 0.793 bits per heavy atom. The van der Waals surface area contributed by atoms with E-state index in [4.69, 9.17) is 0 Å². The number of hydrogen-bond donors (Lipinski definition) is 1. The van der Waals surface area contributed by atoms with E-state index in [0.29, 0.717) is 24.2 Å². The molecule has 2 heteroatoms. The van der Waals surface area contributed by atoms with Crippen LogP contribution in [0, 0.1) is 0 Å². The van der Waals surface area contributed by atoms with Crippen LogP contribution in [-0.4, -0.2) is 18.4 Å². The van der Waals surface area contributed by atoms with Crippen LogP contribution in [-0.2, 0) is 0 Å². The Morgan fingerprint density at radius 3 is 1.97 bits per heavy atom. The van der Waals surface area contributed by atoms with Crippen molar-refractivity contribution >= 4 is 5.78 Å². The smallest absolute Gasteiger partial charge is 0.162 e. The van der Waals surface area contributed by atoms with Crippen LogP contribution in [0.2, 0.25) is 0 Å². The second-order valence-electron chi connectivity index (χ2n) is 9.13. The van der Waals surface area contributed by atoms with E-state index in [1.54, 1.807) is 0 Å². The van der Waals surface area contributed by atoms with E-state index in [-0.39, 0.29) is 0 Å². The Hall–Kier alpha value is -1.15. The summed E-state index contributed by atoms with van der Waals surface area (Å²) in [5.41, 5.74) is 2.34. The minimum absolute atomic E-state index is 0.326. The first-order chi connectivity index (χ1) is 14.2. The molecule has 1 N–H and O–H groups in total. The number of hydrogen-bond acceptors (Lipinski definition) is 2. The van der Waals surface area contributed by atoms with E-state index < -0.39 is 0 Å². The van der Waals surface area contributed by atoms with Crippen molar-refractivity contribution in [3.63, 3.8) is 0 Å². The summed E-state index contributed by atoms with van der Waals surface area (Å²) in [7, 11) is 0. The monoisotopic (exact) mass is 399 g/mol. The second kappa shape index (κ2) is 14.8. The summed E-state index contributed by atoms with van der Waals surface area (Å²) in [5.74, 6) is 1.00. The lowest BCUT2D eigenvalue weighted by Gasteiger charge is -2.29. The summed E-state index contributed by atoms with van der Waals surface area (Å²) in [6.07, 6.45) is 18.7. The van der Waals surface area contributed by atoms with Crippen LogP contribution < -0.4 is 5.32 Å². The van der Waals surface area contributed by atoms with Gasteiger partial charge >= 0.3 is 0 Å². The van der Waals surface area contributed by atoms with Crippen LogP contribution in [0.25, 0.3) is 0 Å². The van der Waals surface area contributed by atoms with Crippen molar-refractivity contribution in [3.8, 4) is 0 Å². The molecule has 0 heterocycles. The molecule has 0 saturated heterocycles. The van der Waals surface area contributed by atoms with Gasteiger partial charge < -0.3 is 5.32 Å². The van der Waals surface area contributed by atoms with Gasteiger partial charge in [-0.1, -0.05) is 89.5 Å². The number of carbonyl (C=O) groups excluding carboxylic acids is 1. The van der Waals surface area contributed by atoms with Gasteiger partial charge in [-0.3, -0.25) is 4.79 Å². The van der Waals surface area contributed by atoms with Gasteiger partial charge in [-0.25, -0.2) is 0 Å². The molecule has 0 radical (unpaired) electrons. The quantitative estimate of drug-likeness (QED) is 0.240. The summed E-state index contributed by atoms with van der Waals surface area (Å²) in [5, 5.41) is 3.67. The number of unbranched alkanes of at least 4 members (excludes halogenated alkanes) is 8. The zero-order chi connectivity index (χ0) is 20.7. The maximum absolute atomic E-state index is 12.5. The fourth-order valence-electron chi connectivity index (χ4n) is 4.66. The van der Waals surface area contributed by atoms with Gasteiger partial charge in [0, 0.05) is 18.0 Å². The fourth-order valence-corrected chi connectivity index (χ4v) is 4.66. The molecule has 29 heavy (non-hydrogen) atoms. The van der Waals surface area contributed by atoms with E-state index in [2.05, 4.69) is 43.4 Å². The molecule has 1 aliphatic carbocycles. The Bertz CT molecular complexity index is 542. The van der Waals surface area contributed by atoms with Gasteiger partial charge in [-0.15, -0.1) is 0 Å². The molecule has 0 bridgehead atoms. The predicted molar refractivity (Wildman–Crippen MR) is 126 cm³/mol. The lowest BCUT2D eigenvalue weighted by atomic mass is 9.81. The molecule has 1 fully saturated rings. The van der Waals surface area contributed by atoms with Crippen LogP contribution in [0.5, 0.6) is 0 Å². The van der Waals surface area contributed by atoms with Crippen molar-refractivity contribution in [2.24, 2.45) is 0 Å². The molecule has 0 unspecified atom stereocenters. The molecular weight excluding hydrogens is 354 g/mol. The van der Waals surface area contributed by atoms with Crippen LogP contribution in [0.15, 0.2) is 24.3 Å². The van der Waals surface area contributed by atoms with E-state index in [1.165, 1.54) is 89.0 Å². The summed E-state index contributed by atoms with van der Waals surface area (Å²) in [6, 6.07) is 9.30. The summed E-state index contributed by atoms with van der Waals surface area (Å²) in [4.78, 5) is 12.5. The third-order valence-corrected chi connectivity index (χ3v) is 6.62. The summed E-state index contributed by atoms with van der Waals surface area (Å²) >= 11 is 0. The van der Waals surface area contributed by atoms with Crippen molar-refractivity contribution < 1.29 is 4.79 Å². The Kier molecular flexibility index (Phi) is 12.3. The molecule has 0 amide bonds. The average molecular weight is 400 g/mol. The van der Waals surface area contributed by atoms with Gasteiger partial charge in [0.2, 0.25) is 0 Å². The molecule has 0 aliphatic heterocycles. The molecular formula is C27H45NO. The van der Waals surface area contributed by atoms with Crippen molar-refractivity contribution in [1.29, 1.82) is 0 Å². The second-order valence-corrected chi connectivity index (χ2v) is 9.13. The minimum Gasteiger partial charge on any atom is -0.314 e. The number of rotatable bonds is 15. The fraction of sp³-hybridized carbons (Fsp3) is 0.741. The molecule has 2 nitrogen and oxygen atoms in total. The molecule has 1 aromatic carbocycles. The van der Waals surface area contributed by atoms with E-state index >= 15 is 0 Å². The van der Waals surface area contributed by atoms with Gasteiger partial charge in [0.25, 0.3) is 0 Å². The third kappa shape index (κ3) is 9.47. The topological polar surface area (TPSA) is 29.1 Å². The predicted octanol–water partition coefficient (Wildman–Crippen LogP) is 7.82. The van der Waals surface area contributed by atoms with Gasteiger partial charge in [0.1, 0.15) is 0 Å². The summed E-state index contributed by atoms with van der Waals surface area (Å²) in [6.45, 7) is 5.64. The Labute approximate surface area is 180 Å². The number of Topliss-reactive ketones (excluding diaryl/α,β-unsaturated/α-hetero) is 1. The van der Waals surface area contributed by atoms with E-state index in [1.807, 2.05) is 0 Å². The number of carbonyl (C=O) groups is 1. The highest BCUT2D eigenvalue weighted by Gasteiger charge is 2.21.